The zero-order chi connectivity index (χ0) is 19.3. The Morgan fingerprint density at radius 1 is 1.07 bits per heavy atom. The van der Waals surface area contributed by atoms with Gasteiger partial charge < -0.3 is 14.8 Å². The van der Waals surface area contributed by atoms with Gasteiger partial charge in [-0.1, -0.05) is 30.3 Å². The van der Waals surface area contributed by atoms with Gasteiger partial charge in [0.05, 0.1) is 12.1 Å². The summed E-state index contributed by atoms with van der Waals surface area (Å²) in [5.74, 6) is 0.270. The first-order valence-corrected chi connectivity index (χ1v) is 8.89. The number of nitrogens with one attached hydrogen (secondary N) is 1. The van der Waals surface area contributed by atoms with Gasteiger partial charge in [-0.2, -0.15) is 13.2 Å². The maximum absolute atomic E-state index is 12.6. The number of halogens is 3. The standard InChI is InChI=1S/C19H22F3N3O2/c1-13(23-17-8-7-16(24-25-17)19(20,21)22)18(14-5-3-2-4-6-14)27-15-9-11-26-12-10-15/h2-8,13,15,18H,9-12H2,1H3,(H,23,25). The maximum Gasteiger partial charge on any atom is 0.435 e. The van der Waals surface area contributed by atoms with Crippen molar-refractivity contribution in [2.45, 2.75) is 44.2 Å². The van der Waals surface area contributed by atoms with E-state index in [9.17, 15) is 13.2 Å². The van der Waals surface area contributed by atoms with Crippen molar-refractivity contribution < 1.29 is 22.6 Å². The number of nitrogens with zero attached hydrogens (tertiary/aromatic N) is 2. The number of anilines is 1. The zero-order valence-electron chi connectivity index (χ0n) is 14.9. The van der Waals surface area contributed by atoms with Crippen molar-refractivity contribution in [2.24, 2.45) is 0 Å². The monoisotopic (exact) mass is 381 g/mol. The number of ether oxygens (including phenoxy) is 2. The van der Waals surface area contributed by atoms with E-state index in [1.807, 2.05) is 37.3 Å². The summed E-state index contributed by atoms with van der Waals surface area (Å²) >= 11 is 0. The fraction of sp³-hybridized carbons (Fsp3) is 0.474. The van der Waals surface area contributed by atoms with Crippen molar-refractivity contribution in [2.75, 3.05) is 18.5 Å². The van der Waals surface area contributed by atoms with Crippen LogP contribution in [0, 0.1) is 0 Å². The third kappa shape index (κ3) is 5.40. The summed E-state index contributed by atoms with van der Waals surface area (Å²) in [6.45, 7) is 3.24. The van der Waals surface area contributed by atoms with Crippen LogP contribution in [0.5, 0.6) is 0 Å². The highest BCUT2D eigenvalue weighted by atomic mass is 19.4. The highest BCUT2D eigenvalue weighted by molar-refractivity contribution is 5.36. The van der Waals surface area contributed by atoms with Gasteiger partial charge in [-0.3, -0.25) is 0 Å². The first-order chi connectivity index (χ1) is 12.9. The van der Waals surface area contributed by atoms with Crippen LogP contribution in [0.3, 0.4) is 0 Å². The molecule has 0 radical (unpaired) electrons. The van der Waals surface area contributed by atoms with Crippen molar-refractivity contribution in [1.82, 2.24) is 10.2 Å². The van der Waals surface area contributed by atoms with Gasteiger partial charge in [0.15, 0.2) is 5.69 Å². The second-order valence-electron chi connectivity index (χ2n) is 6.51. The van der Waals surface area contributed by atoms with Crippen molar-refractivity contribution in [1.29, 1.82) is 0 Å². The molecular weight excluding hydrogens is 359 g/mol. The van der Waals surface area contributed by atoms with Gasteiger partial charge in [0.2, 0.25) is 0 Å². The van der Waals surface area contributed by atoms with Crippen molar-refractivity contribution in [3.8, 4) is 0 Å². The summed E-state index contributed by atoms with van der Waals surface area (Å²) in [5, 5.41) is 10.0. The number of rotatable bonds is 6. The van der Waals surface area contributed by atoms with Crippen LogP contribution in [0.1, 0.15) is 37.1 Å². The first-order valence-electron chi connectivity index (χ1n) is 8.89. The molecule has 8 heteroatoms. The fourth-order valence-electron chi connectivity index (χ4n) is 3.02. The minimum Gasteiger partial charge on any atom is -0.381 e. The van der Waals surface area contributed by atoms with Crippen LogP contribution >= 0.6 is 0 Å². The molecule has 3 rings (SSSR count). The van der Waals surface area contributed by atoms with E-state index < -0.39 is 11.9 Å². The Kier molecular flexibility index (Phi) is 6.28. The summed E-state index contributed by atoms with van der Waals surface area (Å²) < 4.78 is 49.6. The van der Waals surface area contributed by atoms with E-state index in [2.05, 4.69) is 15.5 Å². The van der Waals surface area contributed by atoms with E-state index in [0.717, 1.165) is 24.5 Å². The molecule has 1 fully saturated rings. The topological polar surface area (TPSA) is 56.3 Å². The average molecular weight is 381 g/mol. The minimum atomic E-state index is -4.50. The van der Waals surface area contributed by atoms with Gasteiger partial charge >= 0.3 is 6.18 Å². The Balaban J connectivity index is 1.73. The SMILES string of the molecule is CC(Nc1ccc(C(F)(F)F)nn1)C(OC1CCOCC1)c1ccccc1. The number of aromatic nitrogens is 2. The van der Waals surface area contributed by atoms with Gasteiger partial charge in [0.25, 0.3) is 0 Å². The predicted octanol–water partition coefficient (Wildman–Crippen LogP) is 4.23. The number of alkyl halides is 3. The Morgan fingerprint density at radius 3 is 2.37 bits per heavy atom. The molecule has 1 aliphatic heterocycles. The lowest BCUT2D eigenvalue weighted by Crippen LogP contribution is -2.33. The summed E-state index contributed by atoms with van der Waals surface area (Å²) in [6, 6.07) is 11.7. The molecule has 1 aliphatic rings. The molecule has 1 aromatic carbocycles. The Hall–Kier alpha value is -2.19. The highest BCUT2D eigenvalue weighted by Gasteiger charge is 2.33. The fourth-order valence-corrected chi connectivity index (χ4v) is 3.02. The van der Waals surface area contributed by atoms with Crippen molar-refractivity contribution in [3.63, 3.8) is 0 Å². The highest BCUT2D eigenvalue weighted by Crippen LogP contribution is 2.29. The Morgan fingerprint density at radius 2 is 1.78 bits per heavy atom. The molecule has 0 amide bonds. The van der Waals surface area contributed by atoms with E-state index in [1.54, 1.807) is 0 Å². The van der Waals surface area contributed by atoms with E-state index in [1.165, 1.54) is 6.07 Å². The van der Waals surface area contributed by atoms with Gasteiger partial charge in [-0.05, 0) is 37.5 Å². The van der Waals surface area contributed by atoms with Crippen LogP contribution < -0.4 is 5.32 Å². The molecule has 2 unspecified atom stereocenters. The van der Waals surface area contributed by atoms with Gasteiger partial charge in [0.1, 0.15) is 11.9 Å². The summed E-state index contributed by atoms with van der Waals surface area (Å²) in [4.78, 5) is 0. The van der Waals surface area contributed by atoms with Crippen molar-refractivity contribution in [3.05, 3.63) is 53.7 Å². The zero-order valence-corrected chi connectivity index (χ0v) is 14.9. The Labute approximate surface area is 155 Å². The molecule has 0 aliphatic carbocycles. The summed E-state index contributed by atoms with van der Waals surface area (Å²) in [6.07, 6.45) is -3.08. The molecule has 1 N–H and O–H groups in total. The molecule has 27 heavy (non-hydrogen) atoms. The van der Waals surface area contributed by atoms with Gasteiger partial charge in [0, 0.05) is 13.2 Å². The maximum atomic E-state index is 12.6. The average Bonchev–Trinajstić information content (AvgIpc) is 2.67. The van der Waals surface area contributed by atoms with Gasteiger partial charge in [-0.15, -0.1) is 10.2 Å². The van der Waals surface area contributed by atoms with Crippen LogP contribution in [0.15, 0.2) is 42.5 Å². The smallest absolute Gasteiger partial charge is 0.381 e. The van der Waals surface area contributed by atoms with E-state index in [4.69, 9.17) is 9.47 Å². The number of hydrogen-bond acceptors (Lipinski definition) is 5. The third-order valence-electron chi connectivity index (χ3n) is 4.42. The second kappa shape index (κ2) is 8.67. The molecule has 1 aromatic heterocycles. The Bertz CT molecular complexity index is 704. The van der Waals surface area contributed by atoms with E-state index in [-0.39, 0.29) is 24.1 Å². The largest absolute Gasteiger partial charge is 0.435 e. The molecule has 2 heterocycles. The molecule has 2 aromatic rings. The molecule has 1 saturated heterocycles. The minimum absolute atomic E-state index is 0.0758. The lowest BCUT2D eigenvalue weighted by atomic mass is 10.0. The molecule has 0 spiro atoms. The summed E-state index contributed by atoms with van der Waals surface area (Å²) in [7, 11) is 0. The molecule has 0 bridgehead atoms. The van der Waals surface area contributed by atoms with Crippen LogP contribution in [-0.2, 0) is 15.7 Å². The molecular formula is C19H22F3N3O2. The lowest BCUT2D eigenvalue weighted by Gasteiger charge is -2.32. The van der Waals surface area contributed by atoms with Crippen molar-refractivity contribution >= 4 is 5.82 Å². The van der Waals surface area contributed by atoms with Crippen LogP contribution in [0.2, 0.25) is 0 Å². The molecule has 2 atom stereocenters. The number of hydrogen-bond donors (Lipinski definition) is 1. The normalized spacial score (nSPS) is 18.1. The van der Waals surface area contributed by atoms with Gasteiger partial charge in [-0.25, -0.2) is 0 Å². The molecule has 146 valence electrons. The van der Waals surface area contributed by atoms with E-state index in [0.29, 0.717) is 13.2 Å². The number of benzene rings is 1. The van der Waals surface area contributed by atoms with Crippen LogP contribution in [0.25, 0.3) is 0 Å². The predicted molar refractivity (Wildman–Crippen MR) is 94.2 cm³/mol. The third-order valence-corrected chi connectivity index (χ3v) is 4.42. The lowest BCUT2D eigenvalue weighted by molar-refractivity contribution is -0.141. The van der Waals surface area contributed by atoms with Crippen LogP contribution in [-0.4, -0.2) is 35.6 Å². The molecule has 0 saturated carbocycles. The summed E-state index contributed by atoms with van der Waals surface area (Å²) in [5.41, 5.74) is -0.0253. The quantitative estimate of drug-likeness (QED) is 0.811. The van der Waals surface area contributed by atoms with E-state index >= 15 is 0 Å². The second-order valence-corrected chi connectivity index (χ2v) is 6.51. The van der Waals surface area contributed by atoms with Crippen LogP contribution in [0.4, 0.5) is 19.0 Å². The molecule has 5 nitrogen and oxygen atoms in total. The first kappa shape index (κ1) is 19.6.